The summed E-state index contributed by atoms with van der Waals surface area (Å²) in [6.45, 7) is 9.01. The van der Waals surface area contributed by atoms with Crippen molar-refractivity contribution in [3.05, 3.63) is 11.6 Å². The van der Waals surface area contributed by atoms with Crippen molar-refractivity contribution in [2.45, 2.75) is 59.5 Å². The van der Waals surface area contributed by atoms with E-state index in [9.17, 15) is 5.11 Å². The number of hydrogen-bond donors (Lipinski definition) is 1. The summed E-state index contributed by atoms with van der Waals surface area (Å²) in [6.07, 6.45) is 6.42. The average Bonchev–Trinajstić information content (AvgIpc) is 2.00. The minimum absolute atomic E-state index is 0.215. The van der Waals surface area contributed by atoms with Crippen LogP contribution in [0.25, 0.3) is 0 Å². The van der Waals surface area contributed by atoms with Crippen LogP contribution in [0.4, 0.5) is 0 Å². The van der Waals surface area contributed by atoms with Crippen LogP contribution in [0.2, 0.25) is 0 Å². The van der Waals surface area contributed by atoms with Crippen LogP contribution in [0.3, 0.4) is 0 Å². The maximum Gasteiger partial charge on any atom is 0.0728 e. The van der Waals surface area contributed by atoms with Gasteiger partial charge in [0.05, 0.1) is 6.10 Å². The standard InChI is InChI=1S/C13H24O/c1-5-6-10(2)11-7-12(14)9-13(3,4)8-11/h7,10,12,14H,5-6,8-9H2,1-4H3. The topological polar surface area (TPSA) is 20.2 Å². The molecule has 2 unspecified atom stereocenters. The second-order valence-electron chi connectivity index (χ2n) is 5.54. The van der Waals surface area contributed by atoms with E-state index < -0.39 is 0 Å². The molecule has 2 atom stereocenters. The molecule has 0 saturated carbocycles. The van der Waals surface area contributed by atoms with Gasteiger partial charge >= 0.3 is 0 Å². The van der Waals surface area contributed by atoms with Crippen molar-refractivity contribution in [1.29, 1.82) is 0 Å². The van der Waals surface area contributed by atoms with Crippen LogP contribution in [-0.4, -0.2) is 11.2 Å². The minimum Gasteiger partial charge on any atom is -0.389 e. The lowest BCUT2D eigenvalue weighted by atomic mass is 9.73. The predicted molar refractivity (Wildman–Crippen MR) is 61.2 cm³/mol. The Bertz CT molecular complexity index is 215. The van der Waals surface area contributed by atoms with E-state index in [4.69, 9.17) is 0 Å². The number of rotatable bonds is 3. The Balaban J connectivity index is 2.68. The highest BCUT2D eigenvalue weighted by atomic mass is 16.3. The lowest BCUT2D eigenvalue weighted by molar-refractivity contribution is 0.134. The Morgan fingerprint density at radius 3 is 2.71 bits per heavy atom. The first kappa shape index (κ1) is 11.8. The summed E-state index contributed by atoms with van der Waals surface area (Å²) < 4.78 is 0. The van der Waals surface area contributed by atoms with Gasteiger partial charge in [-0.05, 0) is 30.6 Å². The molecule has 0 saturated heterocycles. The van der Waals surface area contributed by atoms with Gasteiger partial charge in [0.15, 0.2) is 0 Å². The van der Waals surface area contributed by atoms with Crippen molar-refractivity contribution >= 4 is 0 Å². The van der Waals surface area contributed by atoms with E-state index in [0.717, 1.165) is 12.8 Å². The normalized spacial score (nSPS) is 28.4. The number of hydrogen-bond acceptors (Lipinski definition) is 1. The molecule has 0 heterocycles. The Morgan fingerprint density at radius 1 is 1.57 bits per heavy atom. The molecule has 1 rings (SSSR count). The van der Waals surface area contributed by atoms with Gasteiger partial charge in [0.25, 0.3) is 0 Å². The molecule has 1 heteroatoms. The lowest BCUT2D eigenvalue weighted by Crippen LogP contribution is -2.26. The monoisotopic (exact) mass is 196 g/mol. The highest BCUT2D eigenvalue weighted by Crippen LogP contribution is 2.38. The third kappa shape index (κ3) is 3.13. The van der Waals surface area contributed by atoms with Crippen LogP contribution >= 0.6 is 0 Å². The van der Waals surface area contributed by atoms with E-state index in [1.54, 1.807) is 0 Å². The molecule has 0 fully saturated rings. The molecule has 0 bridgehead atoms. The van der Waals surface area contributed by atoms with Crippen LogP contribution in [0.1, 0.15) is 53.4 Å². The second-order valence-corrected chi connectivity index (χ2v) is 5.54. The van der Waals surface area contributed by atoms with Gasteiger partial charge in [-0.2, -0.15) is 0 Å². The van der Waals surface area contributed by atoms with Crippen LogP contribution in [0.15, 0.2) is 11.6 Å². The van der Waals surface area contributed by atoms with Gasteiger partial charge in [0, 0.05) is 0 Å². The van der Waals surface area contributed by atoms with E-state index in [-0.39, 0.29) is 11.5 Å². The number of allylic oxidation sites excluding steroid dienone is 1. The molecule has 0 spiro atoms. The first-order valence-electron chi connectivity index (χ1n) is 5.83. The zero-order valence-electron chi connectivity index (χ0n) is 10.0. The molecular weight excluding hydrogens is 172 g/mol. The van der Waals surface area contributed by atoms with Gasteiger partial charge in [-0.15, -0.1) is 0 Å². The molecular formula is C13H24O. The third-order valence-corrected chi connectivity index (χ3v) is 3.21. The van der Waals surface area contributed by atoms with Crippen molar-refractivity contribution in [2.75, 3.05) is 0 Å². The average molecular weight is 196 g/mol. The lowest BCUT2D eigenvalue weighted by Gasteiger charge is -2.34. The molecule has 14 heavy (non-hydrogen) atoms. The van der Waals surface area contributed by atoms with Crippen LogP contribution in [0.5, 0.6) is 0 Å². The molecule has 0 aromatic rings. The van der Waals surface area contributed by atoms with Crippen LogP contribution in [-0.2, 0) is 0 Å². The summed E-state index contributed by atoms with van der Waals surface area (Å²) >= 11 is 0. The summed E-state index contributed by atoms with van der Waals surface area (Å²) in [7, 11) is 0. The van der Waals surface area contributed by atoms with Gasteiger partial charge in [-0.3, -0.25) is 0 Å². The zero-order chi connectivity index (χ0) is 10.8. The molecule has 0 aliphatic heterocycles. The number of aliphatic hydroxyl groups excluding tert-OH is 1. The second kappa shape index (κ2) is 4.48. The van der Waals surface area contributed by atoms with E-state index in [0.29, 0.717) is 5.92 Å². The molecule has 0 aromatic heterocycles. The largest absolute Gasteiger partial charge is 0.389 e. The van der Waals surface area contributed by atoms with Gasteiger partial charge in [0.2, 0.25) is 0 Å². The molecule has 82 valence electrons. The fourth-order valence-electron chi connectivity index (χ4n) is 2.51. The van der Waals surface area contributed by atoms with Gasteiger partial charge in [-0.1, -0.05) is 45.8 Å². The molecule has 1 aliphatic rings. The summed E-state index contributed by atoms with van der Waals surface area (Å²) in [5.41, 5.74) is 1.75. The van der Waals surface area contributed by atoms with Crippen molar-refractivity contribution in [3.8, 4) is 0 Å². The Kier molecular flexibility index (Phi) is 3.77. The Hall–Kier alpha value is -0.300. The fourth-order valence-corrected chi connectivity index (χ4v) is 2.51. The minimum atomic E-state index is -0.215. The quantitative estimate of drug-likeness (QED) is 0.685. The summed E-state index contributed by atoms with van der Waals surface area (Å²) in [5, 5.41) is 9.76. The highest BCUT2D eigenvalue weighted by Gasteiger charge is 2.29. The smallest absolute Gasteiger partial charge is 0.0728 e. The molecule has 1 aliphatic carbocycles. The maximum atomic E-state index is 9.76. The van der Waals surface area contributed by atoms with Crippen molar-refractivity contribution in [1.82, 2.24) is 0 Å². The van der Waals surface area contributed by atoms with Gasteiger partial charge < -0.3 is 5.11 Å². The summed E-state index contributed by atoms with van der Waals surface area (Å²) in [5.74, 6) is 0.647. The van der Waals surface area contributed by atoms with Crippen molar-refractivity contribution in [3.63, 3.8) is 0 Å². The van der Waals surface area contributed by atoms with Crippen LogP contribution in [0, 0.1) is 11.3 Å². The Morgan fingerprint density at radius 2 is 2.21 bits per heavy atom. The summed E-state index contributed by atoms with van der Waals surface area (Å²) in [4.78, 5) is 0. The SMILES string of the molecule is CCCC(C)C1=CC(O)CC(C)(C)C1. The van der Waals surface area contributed by atoms with E-state index in [1.807, 2.05) is 0 Å². The maximum absolute atomic E-state index is 9.76. The molecule has 1 N–H and O–H groups in total. The van der Waals surface area contributed by atoms with Crippen LogP contribution < -0.4 is 0 Å². The van der Waals surface area contributed by atoms with Crippen molar-refractivity contribution < 1.29 is 5.11 Å². The highest BCUT2D eigenvalue weighted by molar-refractivity contribution is 5.15. The molecule has 0 radical (unpaired) electrons. The molecule has 0 aromatic carbocycles. The number of aliphatic hydroxyl groups is 1. The Labute approximate surface area is 88.2 Å². The fraction of sp³-hybridized carbons (Fsp3) is 0.846. The van der Waals surface area contributed by atoms with E-state index >= 15 is 0 Å². The third-order valence-electron chi connectivity index (χ3n) is 3.21. The molecule has 0 amide bonds. The van der Waals surface area contributed by atoms with Crippen molar-refractivity contribution in [2.24, 2.45) is 11.3 Å². The predicted octanol–water partition coefficient (Wildman–Crippen LogP) is 3.53. The first-order chi connectivity index (χ1) is 6.44. The van der Waals surface area contributed by atoms with Gasteiger partial charge in [0.1, 0.15) is 0 Å². The molecule has 1 nitrogen and oxygen atoms in total. The first-order valence-corrected chi connectivity index (χ1v) is 5.83. The summed E-state index contributed by atoms with van der Waals surface area (Å²) in [6, 6.07) is 0. The zero-order valence-corrected chi connectivity index (χ0v) is 10.0. The van der Waals surface area contributed by atoms with E-state index in [1.165, 1.54) is 18.4 Å². The van der Waals surface area contributed by atoms with E-state index in [2.05, 4.69) is 33.8 Å². The van der Waals surface area contributed by atoms with Gasteiger partial charge in [-0.25, -0.2) is 0 Å².